The molecule has 0 unspecified atom stereocenters. The number of esters is 1. The average molecular weight is 214 g/mol. The summed E-state index contributed by atoms with van der Waals surface area (Å²) >= 11 is 0. The third-order valence-corrected chi connectivity index (χ3v) is 2.04. The summed E-state index contributed by atoms with van der Waals surface area (Å²) in [5, 5.41) is 0. The Morgan fingerprint density at radius 2 is 2.00 bits per heavy atom. The van der Waals surface area contributed by atoms with Gasteiger partial charge >= 0.3 is 5.97 Å². The minimum atomic E-state index is -0.585. The molecule has 0 aliphatic rings. The molecule has 1 rings (SSSR count). The summed E-state index contributed by atoms with van der Waals surface area (Å²) in [5.74, 6) is 2.07. The Morgan fingerprint density at radius 1 is 1.38 bits per heavy atom. The fraction of sp³-hybridized carbons (Fsp3) is 0.214. The van der Waals surface area contributed by atoms with Crippen LogP contribution in [0.15, 0.2) is 35.9 Å². The molecule has 2 nitrogen and oxygen atoms in total. The Kier molecular flexibility index (Phi) is 4.35. The van der Waals surface area contributed by atoms with Gasteiger partial charge in [0.05, 0.1) is 0 Å². The van der Waals surface area contributed by atoms with Crippen LogP contribution >= 0.6 is 0 Å². The molecule has 0 radical (unpaired) electrons. The average Bonchev–Trinajstić information content (AvgIpc) is 2.26. The molecule has 1 atom stereocenters. The fourth-order valence-electron chi connectivity index (χ4n) is 1.31. The lowest BCUT2D eigenvalue weighted by Crippen LogP contribution is -2.15. The van der Waals surface area contributed by atoms with Crippen LogP contribution in [0.1, 0.15) is 19.4 Å². The van der Waals surface area contributed by atoms with Crippen molar-refractivity contribution in [1.29, 1.82) is 0 Å². The Bertz CT molecular complexity index is 424. The molecule has 0 aliphatic heterocycles. The second-order valence-electron chi connectivity index (χ2n) is 3.46. The summed E-state index contributed by atoms with van der Waals surface area (Å²) in [7, 11) is 0. The van der Waals surface area contributed by atoms with E-state index in [1.165, 1.54) is 6.92 Å². The predicted octanol–water partition coefficient (Wildman–Crippen LogP) is 2.65. The van der Waals surface area contributed by atoms with Crippen molar-refractivity contribution in [2.75, 3.05) is 0 Å². The number of carbonyl (C=O) groups is 1. The van der Waals surface area contributed by atoms with Gasteiger partial charge in [-0.25, -0.2) is 0 Å². The Hall–Kier alpha value is -2.01. The molecule has 2 heteroatoms. The summed E-state index contributed by atoms with van der Waals surface area (Å²) in [4.78, 5) is 10.8. The van der Waals surface area contributed by atoms with Gasteiger partial charge in [-0.05, 0) is 18.1 Å². The number of benzene rings is 1. The Balaban J connectivity index is 2.84. The second-order valence-corrected chi connectivity index (χ2v) is 3.46. The Morgan fingerprint density at radius 3 is 2.50 bits per heavy atom. The standard InChI is InChI=1S/C14H14O2/c1-4-14(16-12(3)15)11(2)10-13-8-6-5-7-9-13/h1,5-10,14H,2-3H3/b11-10+/t14-/m0/s1. The van der Waals surface area contributed by atoms with E-state index in [9.17, 15) is 4.79 Å². The van der Waals surface area contributed by atoms with Crippen LogP contribution < -0.4 is 0 Å². The van der Waals surface area contributed by atoms with E-state index in [-0.39, 0.29) is 5.97 Å². The molecule has 82 valence electrons. The number of hydrogen-bond acceptors (Lipinski definition) is 2. The lowest BCUT2D eigenvalue weighted by atomic mass is 10.1. The van der Waals surface area contributed by atoms with E-state index in [2.05, 4.69) is 5.92 Å². The number of hydrogen-bond donors (Lipinski definition) is 0. The zero-order chi connectivity index (χ0) is 12.0. The van der Waals surface area contributed by atoms with Gasteiger partial charge in [-0.15, -0.1) is 6.42 Å². The molecule has 0 aromatic heterocycles. The van der Waals surface area contributed by atoms with Gasteiger partial charge in [-0.1, -0.05) is 42.3 Å². The van der Waals surface area contributed by atoms with Crippen molar-refractivity contribution in [2.45, 2.75) is 20.0 Å². The van der Waals surface area contributed by atoms with Gasteiger partial charge in [-0.3, -0.25) is 4.79 Å². The van der Waals surface area contributed by atoms with E-state index < -0.39 is 6.10 Å². The van der Waals surface area contributed by atoms with Crippen molar-refractivity contribution in [1.82, 2.24) is 0 Å². The van der Waals surface area contributed by atoms with Crippen LogP contribution in [0.25, 0.3) is 6.08 Å². The highest BCUT2D eigenvalue weighted by molar-refractivity contribution is 5.67. The number of carbonyl (C=O) groups excluding carboxylic acids is 1. The van der Waals surface area contributed by atoms with Gasteiger partial charge in [-0.2, -0.15) is 0 Å². The van der Waals surface area contributed by atoms with Crippen molar-refractivity contribution in [2.24, 2.45) is 0 Å². The van der Waals surface area contributed by atoms with Gasteiger partial charge in [0.1, 0.15) is 0 Å². The molecular weight excluding hydrogens is 200 g/mol. The van der Waals surface area contributed by atoms with Crippen LogP contribution in [-0.2, 0) is 9.53 Å². The lowest BCUT2D eigenvalue weighted by Gasteiger charge is -2.11. The first-order chi connectivity index (χ1) is 7.63. The van der Waals surface area contributed by atoms with Crippen molar-refractivity contribution < 1.29 is 9.53 Å². The van der Waals surface area contributed by atoms with Gasteiger partial charge in [0.15, 0.2) is 6.10 Å². The maximum Gasteiger partial charge on any atom is 0.304 e. The van der Waals surface area contributed by atoms with Gasteiger partial charge in [0.2, 0.25) is 0 Å². The molecule has 0 spiro atoms. The maximum atomic E-state index is 10.8. The molecule has 0 fully saturated rings. The minimum absolute atomic E-state index is 0.372. The molecule has 0 amide bonds. The molecule has 0 bridgehead atoms. The summed E-state index contributed by atoms with van der Waals surface area (Å²) in [6.07, 6.45) is 6.63. The maximum absolute atomic E-state index is 10.8. The van der Waals surface area contributed by atoms with Gasteiger partial charge in [0.25, 0.3) is 0 Å². The Labute approximate surface area is 95.9 Å². The monoisotopic (exact) mass is 214 g/mol. The van der Waals surface area contributed by atoms with Crippen LogP contribution in [0, 0.1) is 12.3 Å². The number of ether oxygens (including phenoxy) is 1. The third-order valence-electron chi connectivity index (χ3n) is 2.04. The smallest absolute Gasteiger partial charge is 0.304 e. The minimum Gasteiger partial charge on any atom is -0.445 e. The summed E-state index contributed by atoms with van der Waals surface area (Å²) in [5.41, 5.74) is 1.87. The highest BCUT2D eigenvalue weighted by Gasteiger charge is 2.09. The van der Waals surface area contributed by atoms with Crippen molar-refractivity contribution >= 4 is 12.0 Å². The highest BCUT2D eigenvalue weighted by atomic mass is 16.5. The molecular formula is C14H14O2. The molecule has 1 aromatic rings. The first-order valence-corrected chi connectivity index (χ1v) is 5.00. The van der Waals surface area contributed by atoms with Crippen molar-refractivity contribution in [3.05, 3.63) is 41.5 Å². The van der Waals surface area contributed by atoms with E-state index in [4.69, 9.17) is 11.2 Å². The van der Waals surface area contributed by atoms with Crippen molar-refractivity contribution in [3.8, 4) is 12.3 Å². The summed E-state index contributed by atoms with van der Waals surface area (Å²) in [6.45, 7) is 3.20. The van der Waals surface area contributed by atoms with E-state index in [0.29, 0.717) is 0 Å². The van der Waals surface area contributed by atoms with Crippen LogP contribution in [0.3, 0.4) is 0 Å². The van der Waals surface area contributed by atoms with Crippen LogP contribution in [0.5, 0.6) is 0 Å². The summed E-state index contributed by atoms with van der Waals surface area (Å²) < 4.78 is 4.99. The zero-order valence-corrected chi connectivity index (χ0v) is 9.44. The normalized spacial score (nSPS) is 12.7. The molecule has 1 aromatic carbocycles. The summed E-state index contributed by atoms with van der Waals surface area (Å²) in [6, 6.07) is 9.75. The van der Waals surface area contributed by atoms with Gasteiger partial charge < -0.3 is 4.74 Å². The van der Waals surface area contributed by atoms with Crippen LogP contribution in [-0.4, -0.2) is 12.1 Å². The molecule has 0 saturated heterocycles. The van der Waals surface area contributed by atoms with Gasteiger partial charge in [0, 0.05) is 6.92 Å². The largest absolute Gasteiger partial charge is 0.445 e. The quantitative estimate of drug-likeness (QED) is 0.571. The first-order valence-electron chi connectivity index (χ1n) is 5.00. The molecule has 0 heterocycles. The number of terminal acetylenes is 1. The van der Waals surface area contributed by atoms with E-state index in [0.717, 1.165) is 11.1 Å². The molecule has 0 N–H and O–H groups in total. The first kappa shape index (κ1) is 12.1. The van der Waals surface area contributed by atoms with Crippen LogP contribution in [0.4, 0.5) is 0 Å². The van der Waals surface area contributed by atoms with Crippen LogP contribution in [0.2, 0.25) is 0 Å². The third kappa shape index (κ3) is 3.62. The van der Waals surface area contributed by atoms with Crippen molar-refractivity contribution in [3.63, 3.8) is 0 Å². The SMILES string of the molecule is C#C[C@H](OC(C)=O)/C(C)=C/c1ccccc1. The fourth-order valence-corrected chi connectivity index (χ4v) is 1.31. The highest BCUT2D eigenvalue weighted by Crippen LogP contribution is 2.11. The topological polar surface area (TPSA) is 26.3 Å². The molecule has 0 aliphatic carbocycles. The lowest BCUT2D eigenvalue weighted by molar-refractivity contribution is -0.142. The zero-order valence-electron chi connectivity index (χ0n) is 9.44. The second kappa shape index (κ2) is 5.77. The van der Waals surface area contributed by atoms with E-state index in [1.807, 2.05) is 43.3 Å². The molecule has 0 saturated carbocycles. The van der Waals surface area contributed by atoms with E-state index in [1.54, 1.807) is 0 Å². The van der Waals surface area contributed by atoms with E-state index >= 15 is 0 Å². The number of rotatable bonds is 3. The predicted molar refractivity (Wildman–Crippen MR) is 64.5 cm³/mol. The molecule has 16 heavy (non-hydrogen) atoms.